The summed E-state index contributed by atoms with van der Waals surface area (Å²) in [6, 6.07) is 2.55. The van der Waals surface area contributed by atoms with Crippen molar-refractivity contribution in [3.63, 3.8) is 0 Å². The van der Waals surface area contributed by atoms with Gasteiger partial charge in [-0.1, -0.05) is 5.46 Å². The number of halogens is 2. The molecule has 12 heavy (non-hydrogen) atoms. The number of hydrogen-bond donors (Lipinski definition) is 0. The molecular weight excluding hydrogens is 222 g/mol. The molecule has 0 bridgehead atoms. The summed E-state index contributed by atoms with van der Waals surface area (Å²) >= 11 is 3.15. The Morgan fingerprint density at radius 3 is 2.75 bits per heavy atom. The predicted molar refractivity (Wildman–Crippen MR) is 50.7 cm³/mol. The highest BCUT2D eigenvalue weighted by Gasteiger charge is 2.05. The fourth-order valence-corrected chi connectivity index (χ4v) is 1.44. The van der Waals surface area contributed by atoms with Crippen molar-refractivity contribution in [2.24, 2.45) is 0 Å². The summed E-state index contributed by atoms with van der Waals surface area (Å²) in [5.74, 6) is 0.127. The minimum atomic E-state index is -0.372. The van der Waals surface area contributed by atoms with Crippen LogP contribution in [0, 0.1) is 5.82 Å². The second-order valence-electron chi connectivity index (χ2n) is 2.24. The Balaban J connectivity index is 3.10. The summed E-state index contributed by atoms with van der Waals surface area (Å²) < 4.78 is 18.4. The van der Waals surface area contributed by atoms with Gasteiger partial charge in [0.15, 0.2) is 0 Å². The first-order valence-electron chi connectivity index (χ1n) is 3.52. The summed E-state index contributed by atoms with van der Waals surface area (Å²) in [5, 5.41) is 0. The summed E-state index contributed by atoms with van der Waals surface area (Å²) in [6.07, 6.45) is 0. The molecule has 1 rings (SSSR count). The summed E-state index contributed by atoms with van der Waals surface area (Å²) in [7, 11) is 5.51. The summed E-state index contributed by atoms with van der Waals surface area (Å²) in [6.45, 7) is 2.35. The third-order valence-corrected chi connectivity index (χ3v) is 1.91. The summed E-state index contributed by atoms with van der Waals surface area (Å²) in [4.78, 5) is 0. The van der Waals surface area contributed by atoms with Crippen molar-refractivity contribution in [3.05, 3.63) is 22.4 Å². The molecular formula is C8H7BBrFO. The van der Waals surface area contributed by atoms with E-state index in [1.165, 1.54) is 12.1 Å². The van der Waals surface area contributed by atoms with E-state index >= 15 is 0 Å². The van der Waals surface area contributed by atoms with Crippen molar-refractivity contribution in [1.82, 2.24) is 0 Å². The van der Waals surface area contributed by atoms with Crippen molar-refractivity contribution in [2.45, 2.75) is 6.92 Å². The van der Waals surface area contributed by atoms with E-state index in [0.29, 0.717) is 22.3 Å². The molecule has 0 fully saturated rings. The lowest BCUT2D eigenvalue weighted by molar-refractivity contribution is 0.340. The van der Waals surface area contributed by atoms with Gasteiger partial charge in [0.1, 0.15) is 19.4 Å². The molecule has 0 aliphatic heterocycles. The Bertz CT molecular complexity index is 267. The monoisotopic (exact) mass is 228 g/mol. The number of rotatable bonds is 2. The normalized spacial score (nSPS) is 9.92. The van der Waals surface area contributed by atoms with Gasteiger partial charge in [-0.3, -0.25) is 0 Å². The van der Waals surface area contributed by atoms with E-state index in [2.05, 4.69) is 15.9 Å². The Hall–Kier alpha value is -0.505. The Labute approximate surface area is 80.5 Å². The topological polar surface area (TPSA) is 9.23 Å². The molecule has 2 radical (unpaired) electrons. The third kappa shape index (κ3) is 2.00. The fraction of sp³-hybridized carbons (Fsp3) is 0.250. The molecule has 0 N–H and O–H groups in total. The Kier molecular flexibility index (Phi) is 3.15. The van der Waals surface area contributed by atoms with Crippen molar-refractivity contribution in [3.8, 4) is 5.75 Å². The van der Waals surface area contributed by atoms with Crippen LogP contribution in [0.3, 0.4) is 0 Å². The van der Waals surface area contributed by atoms with Crippen LogP contribution in [-0.4, -0.2) is 14.5 Å². The lowest BCUT2D eigenvalue weighted by Gasteiger charge is -2.09. The lowest BCUT2D eigenvalue weighted by Crippen LogP contribution is -2.10. The van der Waals surface area contributed by atoms with E-state index in [-0.39, 0.29) is 5.82 Å². The first kappa shape index (κ1) is 9.58. The molecule has 0 unspecified atom stereocenters. The van der Waals surface area contributed by atoms with Gasteiger partial charge < -0.3 is 4.74 Å². The zero-order valence-electron chi connectivity index (χ0n) is 6.60. The van der Waals surface area contributed by atoms with Gasteiger partial charge in [-0.2, -0.15) is 0 Å². The molecule has 0 amide bonds. The Morgan fingerprint density at radius 1 is 1.58 bits per heavy atom. The van der Waals surface area contributed by atoms with Gasteiger partial charge in [-0.25, -0.2) is 4.39 Å². The quantitative estimate of drug-likeness (QED) is 0.702. The van der Waals surface area contributed by atoms with Crippen LogP contribution in [-0.2, 0) is 0 Å². The van der Waals surface area contributed by atoms with Crippen molar-refractivity contribution >= 4 is 29.2 Å². The molecule has 0 heterocycles. The van der Waals surface area contributed by atoms with Crippen LogP contribution in [0.5, 0.6) is 5.75 Å². The fourth-order valence-electron chi connectivity index (χ4n) is 0.877. The molecule has 0 spiro atoms. The van der Waals surface area contributed by atoms with Gasteiger partial charge in [0.05, 0.1) is 11.1 Å². The highest BCUT2D eigenvalue weighted by molar-refractivity contribution is 9.10. The molecule has 1 aromatic rings. The Morgan fingerprint density at radius 2 is 2.25 bits per heavy atom. The number of hydrogen-bond acceptors (Lipinski definition) is 1. The van der Waals surface area contributed by atoms with Crippen LogP contribution in [0.25, 0.3) is 0 Å². The number of ether oxygens (including phenoxy) is 1. The first-order valence-corrected chi connectivity index (χ1v) is 4.31. The highest BCUT2D eigenvalue weighted by Crippen LogP contribution is 2.22. The first-order chi connectivity index (χ1) is 5.65. The van der Waals surface area contributed by atoms with Crippen molar-refractivity contribution in [2.75, 3.05) is 6.61 Å². The highest BCUT2D eigenvalue weighted by atomic mass is 79.9. The van der Waals surface area contributed by atoms with Gasteiger partial charge in [-0.05, 0) is 35.0 Å². The molecule has 0 atom stereocenters. The van der Waals surface area contributed by atoms with E-state index in [0.717, 1.165) is 0 Å². The van der Waals surface area contributed by atoms with E-state index in [4.69, 9.17) is 12.6 Å². The number of benzene rings is 1. The lowest BCUT2D eigenvalue weighted by atomic mass is 9.95. The van der Waals surface area contributed by atoms with Crippen LogP contribution in [0.2, 0.25) is 0 Å². The van der Waals surface area contributed by atoms with E-state index in [9.17, 15) is 4.39 Å². The van der Waals surface area contributed by atoms with Crippen LogP contribution in [0.4, 0.5) is 4.39 Å². The molecule has 0 aromatic heterocycles. The average Bonchev–Trinajstić information content (AvgIpc) is 1.96. The van der Waals surface area contributed by atoms with Gasteiger partial charge in [0.25, 0.3) is 0 Å². The average molecular weight is 229 g/mol. The largest absolute Gasteiger partial charge is 0.493 e. The SMILES string of the molecule is [B]c1cc(F)cc(Br)c1OCC. The van der Waals surface area contributed by atoms with Gasteiger partial charge in [0, 0.05) is 0 Å². The van der Waals surface area contributed by atoms with Crippen LogP contribution >= 0.6 is 15.9 Å². The van der Waals surface area contributed by atoms with Crippen LogP contribution in [0.1, 0.15) is 6.92 Å². The molecule has 0 saturated heterocycles. The van der Waals surface area contributed by atoms with Gasteiger partial charge in [0.2, 0.25) is 0 Å². The molecule has 62 valence electrons. The van der Waals surface area contributed by atoms with Crippen molar-refractivity contribution in [1.29, 1.82) is 0 Å². The van der Waals surface area contributed by atoms with Gasteiger partial charge in [-0.15, -0.1) is 0 Å². The molecule has 0 aliphatic carbocycles. The van der Waals surface area contributed by atoms with E-state index in [1.54, 1.807) is 0 Å². The van der Waals surface area contributed by atoms with Crippen LogP contribution < -0.4 is 10.2 Å². The predicted octanol–water partition coefficient (Wildman–Crippen LogP) is 1.78. The standard InChI is InChI=1S/C8H7BBrFO/c1-2-12-8-6(9)3-5(11)4-7(8)10/h3-4H,2H2,1H3. The van der Waals surface area contributed by atoms with E-state index in [1.807, 2.05) is 6.92 Å². The maximum atomic E-state index is 12.7. The molecule has 1 aromatic carbocycles. The minimum Gasteiger partial charge on any atom is -0.493 e. The minimum absolute atomic E-state index is 0.309. The molecule has 4 heteroatoms. The van der Waals surface area contributed by atoms with Crippen molar-refractivity contribution < 1.29 is 9.13 Å². The van der Waals surface area contributed by atoms with Crippen LogP contribution in [0.15, 0.2) is 16.6 Å². The molecule has 0 aliphatic rings. The maximum absolute atomic E-state index is 12.7. The third-order valence-electron chi connectivity index (χ3n) is 1.33. The zero-order valence-corrected chi connectivity index (χ0v) is 8.19. The smallest absolute Gasteiger partial charge is 0.126 e. The molecule has 0 saturated carbocycles. The van der Waals surface area contributed by atoms with Gasteiger partial charge >= 0.3 is 0 Å². The second-order valence-corrected chi connectivity index (χ2v) is 3.09. The second kappa shape index (κ2) is 3.94. The molecule has 1 nitrogen and oxygen atoms in total. The maximum Gasteiger partial charge on any atom is 0.126 e. The zero-order chi connectivity index (χ0) is 9.14. The summed E-state index contributed by atoms with van der Waals surface area (Å²) in [5.41, 5.74) is 0.309. The van der Waals surface area contributed by atoms with E-state index < -0.39 is 0 Å².